The number of H-pyrrole nitrogens is 1. The summed E-state index contributed by atoms with van der Waals surface area (Å²) in [7, 11) is -2.67. The monoisotopic (exact) mass is 501 g/mol. The van der Waals surface area contributed by atoms with E-state index in [-0.39, 0.29) is 10.6 Å². The van der Waals surface area contributed by atoms with Crippen LogP contribution in [-0.4, -0.2) is 63.5 Å². The molecule has 178 valence electrons. The van der Waals surface area contributed by atoms with E-state index in [1.165, 1.54) is 13.1 Å². The number of nitriles is 1. The highest BCUT2D eigenvalue weighted by Gasteiger charge is 2.26. The molecule has 11 heteroatoms. The molecule has 0 saturated carbocycles. The van der Waals surface area contributed by atoms with Crippen molar-refractivity contribution in [2.75, 3.05) is 50.1 Å². The zero-order valence-corrected chi connectivity index (χ0v) is 20.3. The number of likely N-dealkylation sites (N-methyl/N-ethyl adjacent to an activating group) is 1. The molecule has 4 rings (SSSR count). The molecule has 1 amide bonds. The number of carbonyl (C=O) groups excluding carboxylic acids is 1. The minimum Gasteiger partial charge on any atom is -0.378 e. The molecule has 3 aromatic rings. The number of morpholine rings is 1. The van der Waals surface area contributed by atoms with Gasteiger partial charge in [-0.25, -0.2) is 8.42 Å². The van der Waals surface area contributed by atoms with E-state index in [4.69, 9.17) is 21.6 Å². The summed E-state index contributed by atoms with van der Waals surface area (Å²) in [5.74, 6) is -0.505. The lowest BCUT2D eigenvalue weighted by Crippen LogP contribution is -2.36. The number of sulfonamides is 1. The molecule has 0 radical (unpaired) electrons. The molecule has 2 heterocycles. The molecule has 2 N–H and O–H groups in total. The van der Waals surface area contributed by atoms with Gasteiger partial charge in [0.05, 0.1) is 36.0 Å². The predicted octanol–water partition coefficient (Wildman–Crippen LogP) is 3.10. The maximum atomic E-state index is 13.3. The van der Waals surface area contributed by atoms with Crippen molar-refractivity contribution in [3.63, 3.8) is 0 Å². The average molecular weight is 502 g/mol. The van der Waals surface area contributed by atoms with E-state index in [9.17, 15) is 13.2 Å². The molecule has 34 heavy (non-hydrogen) atoms. The van der Waals surface area contributed by atoms with Crippen LogP contribution in [0.1, 0.15) is 11.3 Å². The van der Waals surface area contributed by atoms with Crippen LogP contribution in [0.3, 0.4) is 0 Å². The lowest BCUT2D eigenvalue weighted by atomic mass is 10.2. The summed E-state index contributed by atoms with van der Waals surface area (Å²) in [5, 5.41) is 13.0. The summed E-state index contributed by atoms with van der Waals surface area (Å²) in [6.07, 6.45) is 0. The molecule has 0 spiro atoms. The van der Waals surface area contributed by atoms with Crippen LogP contribution in [0.2, 0.25) is 5.02 Å². The first-order chi connectivity index (χ1) is 16.2. The number of aromatic amines is 1. The van der Waals surface area contributed by atoms with Crippen molar-refractivity contribution >= 4 is 49.8 Å². The second-order valence-corrected chi connectivity index (χ2v) is 10.5. The van der Waals surface area contributed by atoms with Crippen LogP contribution in [0.25, 0.3) is 10.9 Å². The number of hydrogen-bond acceptors (Lipinski definition) is 6. The number of carbonyl (C=O) groups is 1. The van der Waals surface area contributed by atoms with Gasteiger partial charge in [0.25, 0.3) is 0 Å². The fourth-order valence-corrected chi connectivity index (χ4v) is 5.60. The van der Waals surface area contributed by atoms with Gasteiger partial charge in [0, 0.05) is 31.2 Å². The molecular weight excluding hydrogens is 478 g/mol. The number of aromatic nitrogens is 1. The van der Waals surface area contributed by atoms with Gasteiger partial charge < -0.3 is 19.9 Å². The number of fused-ring (bicyclic) bond motifs is 1. The minimum atomic E-state index is -4.01. The van der Waals surface area contributed by atoms with Crippen molar-refractivity contribution in [3.8, 4) is 6.07 Å². The molecular formula is C23H24ClN5O4S. The number of amides is 1. The summed E-state index contributed by atoms with van der Waals surface area (Å²) in [6, 6.07) is 12.1. The number of rotatable bonds is 6. The van der Waals surface area contributed by atoms with Crippen LogP contribution in [0.4, 0.5) is 11.4 Å². The molecule has 0 unspecified atom stereocenters. The second kappa shape index (κ2) is 9.64. The summed E-state index contributed by atoms with van der Waals surface area (Å²) in [6.45, 7) is 4.10. The molecule has 2 aromatic carbocycles. The molecule has 0 aliphatic carbocycles. The average Bonchev–Trinajstić information content (AvgIpc) is 3.22. The van der Waals surface area contributed by atoms with Crippen molar-refractivity contribution < 1.29 is 17.9 Å². The Morgan fingerprint density at radius 3 is 2.68 bits per heavy atom. The number of anilines is 2. The van der Waals surface area contributed by atoms with Gasteiger partial charge in [-0.15, -0.1) is 0 Å². The van der Waals surface area contributed by atoms with Crippen LogP contribution in [0.15, 0.2) is 41.3 Å². The predicted molar refractivity (Wildman–Crippen MR) is 131 cm³/mol. The third-order valence-electron chi connectivity index (χ3n) is 5.59. The van der Waals surface area contributed by atoms with E-state index in [1.54, 1.807) is 31.2 Å². The smallest absolute Gasteiger partial charge is 0.245 e. The molecule has 1 aliphatic rings. The van der Waals surface area contributed by atoms with E-state index >= 15 is 0 Å². The summed E-state index contributed by atoms with van der Waals surface area (Å²) in [4.78, 5) is 17.6. The number of benzene rings is 2. The zero-order valence-electron chi connectivity index (χ0n) is 18.8. The van der Waals surface area contributed by atoms with Gasteiger partial charge in [-0.1, -0.05) is 11.6 Å². The molecule has 0 atom stereocenters. The molecule has 0 bridgehead atoms. The standard InChI is InChI=1S/C23H24ClN5O4S/c1-15-9-16-11-18(13-25)27-23(16)21(10-15)34(31,32)28(2)14-22(30)26-17-3-4-20(19(24)12-17)29-5-7-33-8-6-29/h3-4,9-12,27H,5-8,14H2,1-2H3,(H,26,30). The van der Waals surface area contributed by atoms with Gasteiger partial charge in [-0.3, -0.25) is 4.79 Å². The fraction of sp³-hybridized carbons (Fsp3) is 0.304. The summed E-state index contributed by atoms with van der Waals surface area (Å²) < 4.78 is 32.9. The van der Waals surface area contributed by atoms with E-state index < -0.39 is 22.5 Å². The topological polar surface area (TPSA) is 119 Å². The Morgan fingerprint density at radius 1 is 1.26 bits per heavy atom. The Morgan fingerprint density at radius 2 is 2.00 bits per heavy atom. The number of aryl methyl sites for hydroxylation is 1. The quantitative estimate of drug-likeness (QED) is 0.535. The number of hydrogen-bond donors (Lipinski definition) is 2. The lowest BCUT2D eigenvalue weighted by molar-refractivity contribution is -0.116. The van der Waals surface area contributed by atoms with Gasteiger partial charge in [0.2, 0.25) is 15.9 Å². The Balaban J connectivity index is 1.49. The molecule has 1 saturated heterocycles. The second-order valence-electron chi connectivity index (χ2n) is 8.10. The Kier molecular flexibility index (Phi) is 6.81. The summed E-state index contributed by atoms with van der Waals surface area (Å²) >= 11 is 6.42. The zero-order chi connectivity index (χ0) is 24.5. The Bertz CT molecular complexity index is 1390. The van der Waals surface area contributed by atoms with E-state index in [0.29, 0.717) is 34.8 Å². The van der Waals surface area contributed by atoms with Gasteiger partial charge in [0.1, 0.15) is 16.7 Å². The van der Waals surface area contributed by atoms with Gasteiger partial charge in [-0.05, 0) is 48.9 Å². The molecule has 9 nitrogen and oxygen atoms in total. The summed E-state index contributed by atoms with van der Waals surface area (Å²) in [5.41, 5.74) is 2.64. The number of nitrogens with one attached hydrogen (secondary N) is 2. The number of nitrogens with zero attached hydrogens (tertiary/aromatic N) is 3. The number of halogens is 1. The van der Waals surface area contributed by atoms with Crippen LogP contribution in [0, 0.1) is 18.3 Å². The van der Waals surface area contributed by atoms with Crippen LogP contribution < -0.4 is 10.2 Å². The third kappa shape index (κ3) is 4.88. The lowest BCUT2D eigenvalue weighted by Gasteiger charge is -2.29. The highest BCUT2D eigenvalue weighted by molar-refractivity contribution is 7.89. The van der Waals surface area contributed by atoms with Crippen molar-refractivity contribution in [2.45, 2.75) is 11.8 Å². The largest absolute Gasteiger partial charge is 0.378 e. The third-order valence-corrected chi connectivity index (χ3v) is 7.72. The van der Waals surface area contributed by atoms with Crippen LogP contribution >= 0.6 is 11.6 Å². The first-order valence-electron chi connectivity index (χ1n) is 10.6. The first kappa shape index (κ1) is 24.0. The van der Waals surface area contributed by atoms with Crippen molar-refractivity contribution in [2.24, 2.45) is 0 Å². The number of ether oxygens (including phenoxy) is 1. The molecule has 1 aromatic heterocycles. The van der Waals surface area contributed by atoms with Gasteiger partial charge in [-0.2, -0.15) is 9.57 Å². The maximum Gasteiger partial charge on any atom is 0.245 e. The van der Waals surface area contributed by atoms with Crippen molar-refractivity contribution in [1.82, 2.24) is 9.29 Å². The SMILES string of the molecule is Cc1cc(S(=O)(=O)N(C)CC(=O)Nc2ccc(N3CCOCC3)c(Cl)c2)c2[nH]c(C#N)cc2c1. The van der Waals surface area contributed by atoms with Crippen molar-refractivity contribution in [3.05, 3.63) is 52.7 Å². The van der Waals surface area contributed by atoms with E-state index in [1.807, 2.05) is 12.1 Å². The molecule has 1 aliphatic heterocycles. The normalized spacial score (nSPS) is 14.4. The van der Waals surface area contributed by atoms with Gasteiger partial charge >= 0.3 is 0 Å². The highest BCUT2D eigenvalue weighted by Crippen LogP contribution is 2.30. The first-order valence-corrected chi connectivity index (χ1v) is 12.4. The van der Waals surface area contributed by atoms with Crippen LogP contribution in [0.5, 0.6) is 0 Å². The molecule has 1 fully saturated rings. The van der Waals surface area contributed by atoms with Gasteiger partial charge in [0.15, 0.2) is 0 Å². The van der Waals surface area contributed by atoms with E-state index in [2.05, 4.69) is 15.2 Å². The van der Waals surface area contributed by atoms with Crippen molar-refractivity contribution in [1.29, 1.82) is 5.26 Å². The minimum absolute atomic E-state index is 0.0113. The Hall–Kier alpha value is -3.10. The van der Waals surface area contributed by atoms with E-state index in [0.717, 1.165) is 28.6 Å². The van der Waals surface area contributed by atoms with Crippen LogP contribution in [-0.2, 0) is 19.6 Å². The maximum absolute atomic E-state index is 13.3. The fourth-order valence-electron chi connectivity index (χ4n) is 3.92. The highest BCUT2D eigenvalue weighted by atomic mass is 35.5. The Labute approximate surface area is 202 Å².